The van der Waals surface area contributed by atoms with Crippen LogP contribution in [0.3, 0.4) is 0 Å². The number of rotatable bonds is 4. The fourth-order valence-electron chi connectivity index (χ4n) is 1.75. The van der Waals surface area contributed by atoms with Crippen molar-refractivity contribution in [2.45, 2.75) is 0 Å². The normalized spacial score (nSPS) is 9.67. The minimum Gasteiger partial charge on any atom is -0.388 e. The fourth-order valence-corrected chi connectivity index (χ4v) is 2.34. The number of nitrogens with zero attached hydrogens (tertiary/aromatic N) is 4. The van der Waals surface area contributed by atoms with E-state index in [4.69, 9.17) is 11.5 Å². The van der Waals surface area contributed by atoms with Gasteiger partial charge in [-0.1, -0.05) is 0 Å². The molecule has 14 nitrogen and oxygen atoms in total. The molecule has 0 saturated heterocycles. The molecule has 0 aliphatic heterocycles. The zero-order chi connectivity index (χ0) is 20.9. The molecule has 27 heavy (non-hydrogen) atoms. The Labute approximate surface area is 162 Å². The van der Waals surface area contributed by atoms with E-state index in [1.807, 2.05) is 0 Å². The second kappa shape index (κ2) is 8.65. The first kappa shape index (κ1) is 21.4. The van der Waals surface area contributed by atoms with Crippen LogP contribution >= 0.6 is 22.6 Å². The van der Waals surface area contributed by atoms with E-state index in [0.29, 0.717) is 3.57 Å². The molecule has 0 aromatic heterocycles. The summed E-state index contributed by atoms with van der Waals surface area (Å²) >= 11 is 1.75. The summed E-state index contributed by atoms with van der Waals surface area (Å²) in [6.45, 7) is 0. The topological polar surface area (TPSA) is 225 Å². The van der Waals surface area contributed by atoms with Crippen LogP contribution in [-0.4, -0.2) is 19.7 Å². The Kier molecular flexibility index (Phi) is 6.86. The molecule has 2 rings (SSSR count). The van der Waals surface area contributed by atoms with E-state index < -0.39 is 53.8 Å². The second-order valence-corrected chi connectivity index (χ2v) is 5.84. The van der Waals surface area contributed by atoms with Gasteiger partial charge in [-0.3, -0.25) is 40.5 Å². The van der Waals surface area contributed by atoms with Gasteiger partial charge in [0.25, 0.3) is 22.7 Å². The van der Waals surface area contributed by atoms with Crippen molar-refractivity contribution >= 4 is 56.7 Å². The van der Waals surface area contributed by atoms with Gasteiger partial charge in [0.2, 0.25) is 0 Å². The number of para-hydroxylation sites is 1. The Morgan fingerprint density at radius 2 is 0.963 bits per heavy atom. The minimum absolute atomic E-state index is 0.398. The van der Waals surface area contributed by atoms with Gasteiger partial charge in [-0.15, -0.1) is 0 Å². The summed E-state index contributed by atoms with van der Waals surface area (Å²) in [7, 11) is 0. The van der Waals surface area contributed by atoms with Crippen LogP contribution in [0.5, 0.6) is 0 Å². The van der Waals surface area contributed by atoms with E-state index in [9.17, 15) is 40.5 Å². The molecule has 15 heteroatoms. The SMILES string of the molecule is Nc1c([N+](=O)[O-])cc(I)cc1[N+](=O)[O-].Nc1c([N+](=O)[O-])cccc1[N+](=O)[O-]. The van der Waals surface area contributed by atoms with E-state index in [-0.39, 0.29) is 0 Å². The van der Waals surface area contributed by atoms with Crippen LogP contribution in [0, 0.1) is 44.0 Å². The number of nitrogens with two attached hydrogens (primary N) is 2. The third-order valence-electron chi connectivity index (χ3n) is 2.95. The standard InChI is InChI=1S/C6H4IN3O4.C6H5N3O4/c7-3-1-4(9(11)12)6(8)5(2-3)10(13)14;7-6-4(8(10)11)2-1-3-5(6)9(12)13/h1-2H,8H2;1-3H,7H2. The van der Waals surface area contributed by atoms with Crippen molar-refractivity contribution in [3.63, 3.8) is 0 Å². The van der Waals surface area contributed by atoms with Crippen LogP contribution < -0.4 is 11.5 Å². The molecular weight excluding hydrogens is 483 g/mol. The van der Waals surface area contributed by atoms with E-state index in [1.54, 1.807) is 22.6 Å². The van der Waals surface area contributed by atoms with Crippen molar-refractivity contribution in [2.75, 3.05) is 11.5 Å². The summed E-state index contributed by atoms with van der Waals surface area (Å²) in [5.41, 5.74) is 7.85. The van der Waals surface area contributed by atoms with Crippen molar-refractivity contribution < 1.29 is 19.7 Å². The van der Waals surface area contributed by atoms with Gasteiger partial charge in [0.05, 0.1) is 19.7 Å². The number of hydrogen-bond donors (Lipinski definition) is 2. The Morgan fingerprint density at radius 1 is 0.667 bits per heavy atom. The van der Waals surface area contributed by atoms with Crippen molar-refractivity contribution in [3.05, 3.63) is 74.4 Å². The Morgan fingerprint density at radius 3 is 1.26 bits per heavy atom. The van der Waals surface area contributed by atoms with Crippen molar-refractivity contribution in [1.82, 2.24) is 0 Å². The lowest BCUT2D eigenvalue weighted by Gasteiger charge is -1.99. The summed E-state index contributed by atoms with van der Waals surface area (Å²) in [5.74, 6) is 0. The van der Waals surface area contributed by atoms with E-state index in [1.165, 1.54) is 18.2 Å². The Balaban J connectivity index is 0.000000271. The van der Waals surface area contributed by atoms with Crippen LogP contribution in [0.15, 0.2) is 30.3 Å². The maximum Gasteiger partial charge on any atom is 0.300 e. The Hall–Kier alpha value is -3.63. The largest absolute Gasteiger partial charge is 0.388 e. The minimum atomic E-state index is -0.762. The quantitative estimate of drug-likeness (QED) is 0.275. The number of benzene rings is 2. The number of hydrogen-bond acceptors (Lipinski definition) is 10. The zero-order valence-corrected chi connectivity index (χ0v) is 15.1. The summed E-state index contributed by atoms with van der Waals surface area (Å²) in [5, 5.41) is 41.5. The number of nitro groups is 4. The number of nitro benzene ring substituents is 4. The van der Waals surface area contributed by atoms with Crippen LogP contribution in [0.1, 0.15) is 0 Å². The first-order valence-electron chi connectivity index (χ1n) is 6.52. The monoisotopic (exact) mass is 492 g/mol. The maximum absolute atomic E-state index is 10.4. The van der Waals surface area contributed by atoms with E-state index in [0.717, 1.165) is 12.1 Å². The molecule has 0 bridgehead atoms. The first-order valence-corrected chi connectivity index (χ1v) is 7.60. The van der Waals surface area contributed by atoms with Crippen LogP contribution in [0.2, 0.25) is 0 Å². The Bertz CT molecular complexity index is 882. The highest BCUT2D eigenvalue weighted by molar-refractivity contribution is 14.1. The number of halogens is 1. The fraction of sp³-hybridized carbons (Fsp3) is 0. The number of nitrogen functional groups attached to an aromatic ring is 2. The molecule has 0 amide bonds. The lowest BCUT2D eigenvalue weighted by molar-refractivity contribution is -0.392. The molecule has 2 aromatic rings. The van der Waals surface area contributed by atoms with Crippen LogP contribution in [0.4, 0.5) is 34.1 Å². The van der Waals surface area contributed by atoms with E-state index in [2.05, 4.69) is 0 Å². The number of anilines is 2. The third-order valence-corrected chi connectivity index (χ3v) is 3.57. The van der Waals surface area contributed by atoms with Crippen LogP contribution in [-0.2, 0) is 0 Å². The smallest absolute Gasteiger partial charge is 0.300 e. The average Bonchev–Trinajstić information content (AvgIpc) is 2.56. The predicted octanol–water partition coefficient (Wildman–Crippen LogP) is 2.78. The molecule has 0 fully saturated rings. The summed E-state index contributed by atoms with van der Waals surface area (Å²) in [4.78, 5) is 38.5. The molecule has 0 saturated carbocycles. The predicted molar refractivity (Wildman–Crippen MR) is 101 cm³/mol. The highest BCUT2D eigenvalue weighted by Gasteiger charge is 2.23. The zero-order valence-electron chi connectivity index (χ0n) is 13.0. The van der Waals surface area contributed by atoms with Gasteiger partial charge in [0.1, 0.15) is 0 Å². The van der Waals surface area contributed by atoms with Gasteiger partial charge < -0.3 is 11.5 Å². The molecule has 4 N–H and O–H groups in total. The molecule has 142 valence electrons. The van der Waals surface area contributed by atoms with Gasteiger partial charge in [0, 0.05) is 27.8 Å². The first-order chi connectivity index (χ1) is 12.5. The molecule has 0 unspecified atom stereocenters. The average molecular weight is 492 g/mol. The second-order valence-electron chi connectivity index (χ2n) is 4.60. The summed E-state index contributed by atoms with van der Waals surface area (Å²) in [6, 6.07) is 5.81. The maximum atomic E-state index is 10.4. The highest BCUT2D eigenvalue weighted by atomic mass is 127. The highest BCUT2D eigenvalue weighted by Crippen LogP contribution is 2.33. The summed E-state index contributed by atoms with van der Waals surface area (Å²) < 4.78 is 0.398. The molecule has 0 aliphatic rings. The van der Waals surface area contributed by atoms with Gasteiger partial charge in [-0.2, -0.15) is 0 Å². The lowest BCUT2D eigenvalue weighted by atomic mass is 10.2. The van der Waals surface area contributed by atoms with Crippen molar-refractivity contribution in [3.8, 4) is 0 Å². The van der Waals surface area contributed by atoms with Crippen molar-refractivity contribution in [1.29, 1.82) is 0 Å². The van der Waals surface area contributed by atoms with Crippen LogP contribution in [0.25, 0.3) is 0 Å². The lowest BCUT2D eigenvalue weighted by Crippen LogP contribution is -2.01. The van der Waals surface area contributed by atoms with E-state index >= 15 is 0 Å². The van der Waals surface area contributed by atoms with Gasteiger partial charge in [-0.25, -0.2) is 0 Å². The molecule has 2 aromatic carbocycles. The third kappa shape index (κ3) is 5.17. The molecule has 0 atom stereocenters. The molecule has 0 aliphatic carbocycles. The van der Waals surface area contributed by atoms with Gasteiger partial charge >= 0.3 is 0 Å². The summed E-state index contributed by atoms with van der Waals surface area (Å²) in [6.07, 6.45) is 0. The molecule has 0 heterocycles. The van der Waals surface area contributed by atoms with Gasteiger partial charge in [-0.05, 0) is 28.7 Å². The molecule has 0 spiro atoms. The molecule has 0 radical (unpaired) electrons. The van der Waals surface area contributed by atoms with Gasteiger partial charge in [0.15, 0.2) is 11.4 Å². The molecular formula is C12H9IN6O8. The van der Waals surface area contributed by atoms with Crippen molar-refractivity contribution in [2.24, 2.45) is 0 Å².